The number of carbonyl (C=O) groups excluding carboxylic acids is 4. The first-order valence-corrected chi connectivity index (χ1v) is 12.8. The van der Waals surface area contributed by atoms with Crippen molar-refractivity contribution in [3.8, 4) is 0 Å². The van der Waals surface area contributed by atoms with Gasteiger partial charge in [-0.15, -0.1) is 0 Å². The van der Waals surface area contributed by atoms with E-state index in [1.54, 1.807) is 0 Å². The van der Waals surface area contributed by atoms with Crippen LogP contribution >= 0.6 is 0 Å². The second kappa shape index (κ2) is 7.11. The fraction of sp³-hybridized carbons (Fsp3) is 0.692. The molecule has 0 unspecified atom stereocenters. The van der Waals surface area contributed by atoms with Crippen molar-refractivity contribution < 1.29 is 19.2 Å². The molecule has 7 aliphatic rings. The van der Waals surface area contributed by atoms with Gasteiger partial charge in [0.25, 0.3) is 0 Å². The molecule has 0 aromatic heterocycles. The lowest BCUT2D eigenvalue weighted by Gasteiger charge is -2.38. The third-order valence-electron chi connectivity index (χ3n) is 9.86. The quantitative estimate of drug-likeness (QED) is 0.475. The van der Waals surface area contributed by atoms with Gasteiger partial charge in [0, 0.05) is 6.04 Å². The third kappa shape index (κ3) is 2.71. The molecular formula is C26H31N3O4. The Hall–Kier alpha value is -2.28. The van der Waals surface area contributed by atoms with Gasteiger partial charge in [-0.05, 0) is 49.4 Å². The van der Waals surface area contributed by atoms with Crippen molar-refractivity contribution in [3.63, 3.8) is 0 Å². The zero-order valence-corrected chi connectivity index (χ0v) is 18.8. The molecule has 33 heavy (non-hydrogen) atoms. The minimum absolute atomic E-state index is 0.0548. The summed E-state index contributed by atoms with van der Waals surface area (Å²) in [5.74, 6) is -0.310. The summed E-state index contributed by atoms with van der Waals surface area (Å²) in [6, 6.07) is 0.186. The van der Waals surface area contributed by atoms with Gasteiger partial charge in [0.1, 0.15) is 0 Å². The summed E-state index contributed by atoms with van der Waals surface area (Å²) in [6.07, 6.45) is 15.6. The number of likely N-dealkylation sites (tertiary alicyclic amines) is 2. The van der Waals surface area contributed by atoms with Crippen molar-refractivity contribution in [3.05, 3.63) is 24.3 Å². The van der Waals surface area contributed by atoms with E-state index >= 15 is 0 Å². The van der Waals surface area contributed by atoms with Gasteiger partial charge < -0.3 is 0 Å². The zero-order valence-electron chi connectivity index (χ0n) is 18.8. The molecule has 0 N–H and O–H groups in total. The van der Waals surface area contributed by atoms with E-state index in [1.165, 1.54) is 16.2 Å². The Labute approximate surface area is 193 Å². The van der Waals surface area contributed by atoms with Crippen LogP contribution in [0.15, 0.2) is 24.3 Å². The Bertz CT molecular complexity index is 867. The Morgan fingerprint density at radius 2 is 0.970 bits per heavy atom. The predicted molar refractivity (Wildman–Crippen MR) is 118 cm³/mol. The number of rotatable bonds is 5. The molecule has 4 amide bonds. The Kier molecular flexibility index (Phi) is 4.34. The van der Waals surface area contributed by atoms with Crippen LogP contribution in [0.3, 0.4) is 0 Å². The number of carbonyl (C=O) groups is 4. The summed E-state index contributed by atoms with van der Waals surface area (Å²) in [4.78, 5) is 58.3. The van der Waals surface area contributed by atoms with Crippen molar-refractivity contribution >= 4 is 23.6 Å². The smallest absolute Gasteiger partial charge is 0.234 e. The third-order valence-corrected chi connectivity index (χ3v) is 9.86. The number of hydrogen-bond acceptors (Lipinski definition) is 5. The highest BCUT2D eigenvalue weighted by Crippen LogP contribution is 2.54. The van der Waals surface area contributed by atoms with Gasteiger partial charge in [-0.1, -0.05) is 43.6 Å². The molecule has 0 radical (unpaired) electrons. The standard InChI is InChI=1S/C26H31N3O4/c30-23-19-14-6-7-15(10-14)20(19)24(31)28(23)12-27(18-4-2-1-3-5-18)13-29-25(32)21-16-8-9-17(11-16)22(21)26(29)33/h6-9,14-22H,1-5,10-13H2/t14-,15-,16-,17-,19-,20+,21+,22+/m0/s1. The maximum absolute atomic E-state index is 13.3. The summed E-state index contributed by atoms with van der Waals surface area (Å²) in [7, 11) is 0. The van der Waals surface area contributed by atoms with Crippen LogP contribution in [0.1, 0.15) is 44.9 Å². The van der Waals surface area contributed by atoms with Gasteiger partial charge in [0.15, 0.2) is 0 Å². The van der Waals surface area contributed by atoms with Crippen molar-refractivity contribution in [2.75, 3.05) is 13.3 Å². The number of allylic oxidation sites excluding steroid dienone is 4. The van der Waals surface area contributed by atoms with Crippen LogP contribution in [0.4, 0.5) is 0 Å². The van der Waals surface area contributed by atoms with Gasteiger partial charge in [-0.25, -0.2) is 0 Å². The molecule has 4 bridgehead atoms. The second-order valence-electron chi connectivity index (χ2n) is 11.4. The normalized spacial score (nSPS) is 43.2. The van der Waals surface area contributed by atoms with Crippen LogP contribution in [0.25, 0.3) is 0 Å². The first-order valence-electron chi connectivity index (χ1n) is 12.8. The number of nitrogens with zero attached hydrogens (tertiary/aromatic N) is 3. The lowest BCUT2D eigenvalue weighted by atomic mass is 9.85. The maximum atomic E-state index is 13.3. The molecule has 8 atom stereocenters. The molecule has 5 fully saturated rings. The topological polar surface area (TPSA) is 78.0 Å². The second-order valence-corrected chi connectivity index (χ2v) is 11.4. The summed E-state index contributed by atoms with van der Waals surface area (Å²) >= 11 is 0. The van der Waals surface area contributed by atoms with Gasteiger partial charge in [-0.3, -0.25) is 33.9 Å². The summed E-state index contributed by atoms with van der Waals surface area (Å²) in [5, 5.41) is 0. The van der Waals surface area contributed by atoms with Crippen LogP contribution in [-0.4, -0.2) is 57.7 Å². The van der Waals surface area contributed by atoms with Gasteiger partial charge >= 0.3 is 0 Å². The van der Waals surface area contributed by atoms with Crippen LogP contribution in [-0.2, 0) is 19.2 Å². The molecular weight excluding hydrogens is 418 g/mol. The number of fused-ring (bicyclic) bond motifs is 10. The molecule has 174 valence electrons. The van der Waals surface area contributed by atoms with E-state index in [9.17, 15) is 19.2 Å². The minimum Gasteiger partial charge on any atom is -0.274 e. The lowest BCUT2D eigenvalue weighted by Crippen LogP contribution is -2.52. The number of hydrogen-bond donors (Lipinski definition) is 0. The molecule has 0 spiro atoms. The molecule has 7 heteroatoms. The molecule has 0 aromatic rings. The van der Waals surface area contributed by atoms with E-state index in [4.69, 9.17) is 0 Å². The molecule has 5 aliphatic carbocycles. The average Bonchev–Trinajstić information content (AvgIpc) is 3.66. The number of amides is 4. The van der Waals surface area contributed by atoms with Crippen LogP contribution in [0.5, 0.6) is 0 Å². The molecule has 7 rings (SSSR count). The fourth-order valence-corrected chi connectivity index (χ4v) is 8.29. The van der Waals surface area contributed by atoms with Crippen molar-refractivity contribution in [1.82, 2.24) is 14.7 Å². The minimum atomic E-state index is -0.211. The van der Waals surface area contributed by atoms with E-state index < -0.39 is 0 Å². The highest BCUT2D eigenvalue weighted by atomic mass is 16.2. The Morgan fingerprint density at radius 3 is 1.33 bits per heavy atom. The first-order chi connectivity index (χ1) is 16.0. The van der Waals surface area contributed by atoms with Gasteiger partial charge in [0.2, 0.25) is 23.6 Å². The number of imide groups is 2. The van der Waals surface area contributed by atoms with E-state index in [1.807, 2.05) is 0 Å². The van der Waals surface area contributed by atoms with Crippen molar-refractivity contribution in [1.29, 1.82) is 0 Å². The lowest BCUT2D eigenvalue weighted by molar-refractivity contribution is -0.147. The van der Waals surface area contributed by atoms with Crippen LogP contribution < -0.4 is 0 Å². The van der Waals surface area contributed by atoms with Crippen LogP contribution in [0.2, 0.25) is 0 Å². The molecule has 7 nitrogen and oxygen atoms in total. The summed E-state index contributed by atoms with van der Waals surface area (Å²) in [6.45, 7) is 0.401. The molecule has 2 aliphatic heterocycles. The SMILES string of the molecule is O=C1[C@@H]2[C@H](C(=O)N1CN(CN1C(=O)[C@H]3[C@H](C1=O)[C@H]1C=C[C@H]3C1)C1CCCCC1)[C@H]1C=C[C@H]2C1. The van der Waals surface area contributed by atoms with Crippen molar-refractivity contribution in [2.45, 2.75) is 51.0 Å². The van der Waals surface area contributed by atoms with Crippen LogP contribution in [0, 0.1) is 47.3 Å². The summed E-state index contributed by atoms with van der Waals surface area (Å²) in [5.41, 5.74) is 0. The first kappa shape index (κ1) is 20.1. The average molecular weight is 450 g/mol. The molecule has 2 heterocycles. The maximum Gasteiger partial charge on any atom is 0.234 e. The van der Waals surface area contributed by atoms with E-state index in [0.717, 1.165) is 38.5 Å². The fourth-order valence-electron chi connectivity index (χ4n) is 8.29. The van der Waals surface area contributed by atoms with Crippen molar-refractivity contribution in [2.24, 2.45) is 47.3 Å². The molecule has 3 saturated carbocycles. The Morgan fingerprint density at radius 1 is 0.606 bits per heavy atom. The zero-order chi connectivity index (χ0) is 22.4. The highest BCUT2D eigenvalue weighted by molar-refractivity contribution is 6.07. The van der Waals surface area contributed by atoms with E-state index in [-0.39, 0.29) is 90.4 Å². The predicted octanol–water partition coefficient (Wildman–Crippen LogP) is 2.15. The van der Waals surface area contributed by atoms with E-state index in [0.29, 0.717) is 0 Å². The largest absolute Gasteiger partial charge is 0.274 e. The molecule has 0 aromatic carbocycles. The van der Waals surface area contributed by atoms with Gasteiger partial charge in [0.05, 0.1) is 37.0 Å². The molecule has 2 saturated heterocycles. The van der Waals surface area contributed by atoms with E-state index in [2.05, 4.69) is 29.2 Å². The summed E-state index contributed by atoms with van der Waals surface area (Å²) < 4.78 is 0. The Balaban J connectivity index is 1.14. The monoisotopic (exact) mass is 449 g/mol. The van der Waals surface area contributed by atoms with Gasteiger partial charge in [-0.2, -0.15) is 0 Å². The highest BCUT2D eigenvalue weighted by Gasteiger charge is 2.61.